The molecule has 0 spiro atoms. The van der Waals surface area contributed by atoms with Crippen LogP contribution in [-0.4, -0.2) is 14.7 Å². The fourth-order valence-corrected chi connectivity index (χ4v) is 2.65. The van der Waals surface area contributed by atoms with Gasteiger partial charge in [0, 0.05) is 11.3 Å². The third-order valence-electron chi connectivity index (χ3n) is 4.07. The van der Waals surface area contributed by atoms with E-state index in [-0.39, 0.29) is 0 Å². The highest BCUT2D eigenvalue weighted by Crippen LogP contribution is 2.32. The van der Waals surface area contributed by atoms with Gasteiger partial charge < -0.3 is 9.73 Å². The second kappa shape index (κ2) is 7.10. The van der Waals surface area contributed by atoms with Gasteiger partial charge in [0.25, 0.3) is 9.70 Å². The molecule has 1 N–H and O–H groups in total. The van der Waals surface area contributed by atoms with E-state index < -0.39 is 9.70 Å². The first-order valence-electron chi connectivity index (χ1n) is 8.05. The highest BCUT2D eigenvalue weighted by atomic mass is 35.6. The highest BCUT2D eigenvalue weighted by Gasteiger charge is 2.31. The van der Waals surface area contributed by atoms with Crippen LogP contribution in [0, 0.1) is 6.92 Å². The van der Waals surface area contributed by atoms with E-state index in [0.717, 1.165) is 16.6 Å². The van der Waals surface area contributed by atoms with Gasteiger partial charge in [0.2, 0.25) is 5.89 Å². The Morgan fingerprint density at radius 3 is 2.54 bits per heavy atom. The van der Waals surface area contributed by atoms with Gasteiger partial charge in [-0.05, 0) is 48.2 Å². The molecule has 0 aliphatic rings. The van der Waals surface area contributed by atoms with Gasteiger partial charge in [-0.1, -0.05) is 60.8 Å². The predicted molar refractivity (Wildman–Crippen MR) is 107 cm³/mol. The van der Waals surface area contributed by atoms with E-state index in [1.165, 1.54) is 5.56 Å². The van der Waals surface area contributed by atoms with E-state index in [1.54, 1.807) is 6.07 Å². The Bertz CT molecular complexity index is 975. The van der Waals surface area contributed by atoms with E-state index in [4.69, 9.17) is 39.2 Å². The fraction of sp³-hybridized carbons (Fsp3) is 0.263. The third-order valence-corrected chi connectivity index (χ3v) is 4.58. The zero-order valence-corrected chi connectivity index (χ0v) is 16.7. The first-order chi connectivity index (χ1) is 12.1. The van der Waals surface area contributed by atoms with Gasteiger partial charge in [0.05, 0.1) is 0 Å². The van der Waals surface area contributed by atoms with Crippen molar-refractivity contribution in [1.29, 1.82) is 0 Å². The fourth-order valence-electron chi connectivity index (χ4n) is 2.51. The van der Waals surface area contributed by atoms with Crippen molar-refractivity contribution in [2.75, 3.05) is 5.32 Å². The van der Waals surface area contributed by atoms with E-state index in [2.05, 4.69) is 24.1 Å². The van der Waals surface area contributed by atoms with Gasteiger partial charge in [-0.3, -0.25) is 4.79 Å². The SMILES string of the molecule is Cc1ccc(-c2nc3cc(C(C)C)ccc3o2)cc1NC(=O)C(Cl)(Cl)Cl. The lowest BCUT2D eigenvalue weighted by atomic mass is 10.0. The average molecular weight is 412 g/mol. The minimum Gasteiger partial charge on any atom is -0.436 e. The molecule has 136 valence electrons. The number of oxazole rings is 1. The van der Waals surface area contributed by atoms with E-state index in [1.807, 2.05) is 37.3 Å². The summed E-state index contributed by atoms with van der Waals surface area (Å²) >= 11 is 16.9. The number of fused-ring (bicyclic) bond motifs is 1. The number of halogens is 3. The Kier molecular flexibility index (Phi) is 5.20. The molecule has 1 amide bonds. The predicted octanol–water partition coefficient (Wildman–Crippen LogP) is 6.24. The first kappa shape index (κ1) is 19.0. The number of nitrogens with zero attached hydrogens (tertiary/aromatic N) is 1. The number of nitrogens with one attached hydrogen (secondary N) is 1. The van der Waals surface area contributed by atoms with Crippen LogP contribution in [0.15, 0.2) is 40.8 Å². The van der Waals surface area contributed by atoms with Gasteiger partial charge in [-0.25, -0.2) is 4.98 Å². The molecule has 0 radical (unpaired) electrons. The maximum absolute atomic E-state index is 11.9. The Labute approximate surface area is 166 Å². The normalized spacial score (nSPS) is 12.0. The molecule has 4 nitrogen and oxygen atoms in total. The molecule has 1 heterocycles. The van der Waals surface area contributed by atoms with Crippen LogP contribution >= 0.6 is 34.8 Å². The number of aryl methyl sites for hydroxylation is 1. The zero-order valence-electron chi connectivity index (χ0n) is 14.4. The Morgan fingerprint density at radius 2 is 1.88 bits per heavy atom. The number of hydrogen-bond acceptors (Lipinski definition) is 3. The van der Waals surface area contributed by atoms with Gasteiger partial charge in [-0.2, -0.15) is 0 Å². The van der Waals surface area contributed by atoms with Crippen molar-refractivity contribution in [3.63, 3.8) is 0 Å². The van der Waals surface area contributed by atoms with Crippen LogP contribution in [0.25, 0.3) is 22.6 Å². The van der Waals surface area contributed by atoms with Gasteiger partial charge in [0.1, 0.15) is 5.52 Å². The number of aromatic nitrogens is 1. The average Bonchev–Trinajstić information content (AvgIpc) is 2.98. The summed E-state index contributed by atoms with van der Waals surface area (Å²) in [5.41, 5.74) is 4.77. The molecule has 0 aliphatic carbocycles. The molecule has 0 unspecified atom stereocenters. The Balaban J connectivity index is 1.98. The Morgan fingerprint density at radius 1 is 1.15 bits per heavy atom. The molecule has 0 atom stereocenters. The molecule has 3 aromatic rings. The lowest BCUT2D eigenvalue weighted by Crippen LogP contribution is -2.27. The number of carbonyl (C=O) groups is 1. The molecular weight excluding hydrogens is 395 g/mol. The van der Waals surface area contributed by atoms with Gasteiger partial charge in [0.15, 0.2) is 5.58 Å². The van der Waals surface area contributed by atoms with Crippen LogP contribution in [-0.2, 0) is 4.79 Å². The topological polar surface area (TPSA) is 55.1 Å². The Hall–Kier alpha value is -1.75. The lowest BCUT2D eigenvalue weighted by Gasteiger charge is -2.13. The zero-order chi connectivity index (χ0) is 19.1. The van der Waals surface area contributed by atoms with Crippen LogP contribution in [0.4, 0.5) is 5.69 Å². The second-order valence-corrected chi connectivity index (χ2v) is 8.66. The standard InChI is InChI=1S/C19H17Cl3N2O2/c1-10(2)12-6-7-16-15(8-12)23-17(26-16)13-5-4-11(3)14(9-13)24-18(25)19(20,21)22/h4-10H,1-3H3,(H,24,25). The molecular formula is C19H17Cl3N2O2. The largest absolute Gasteiger partial charge is 0.436 e. The van der Waals surface area contributed by atoms with E-state index in [9.17, 15) is 4.79 Å². The molecule has 0 fully saturated rings. The minimum atomic E-state index is -2.03. The van der Waals surface area contributed by atoms with E-state index in [0.29, 0.717) is 23.1 Å². The minimum absolute atomic E-state index is 0.405. The third kappa shape index (κ3) is 3.98. The van der Waals surface area contributed by atoms with Crippen LogP contribution in [0.2, 0.25) is 0 Å². The lowest BCUT2D eigenvalue weighted by molar-refractivity contribution is -0.115. The molecule has 26 heavy (non-hydrogen) atoms. The number of rotatable bonds is 3. The number of carbonyl (C=O) groups excluding carboxylic acids is 1. The van der Waals surface area contributed by atoms with Crippen LogP contribution in [0.5, 0.6) is 0 Å². The number of alkyl halides is 3. The number of amides is 1. The molecule has 1 aromatic heterocycles. The van der Waals surface area contributed by atoms with Crippen LogP contribution in [0.1, 0.15) is 30.9 Å². The summed E-state index contributed by atoms with van der Waals surface area (Å²) < 4.78 is 3.82. The first-order valence-corrected chi connectivity index (χ1v) is 9.18. The van der Waals surface area contributed by atoms with Crippen molar-refractivity contribution in [3.05, 3.63) is 47.5 Å². The van der Waals surface area contributed by atoms with Crippen LogP contribution < -0.4 is 5.32 Å². The summed E-state index contributed by atoms with van der Waals surface area (Å²) in [4.78, 5) is 16.5. The van der Waals surface area contributed by atoms with Crippen molar-refractivity contribution in [1.82, 2.24) is 4.98 Å². The van der Waals surface area contributed by atoms with Crippen molar-refractivity contribution in [2.45, 2.75) is 30.5 Å². The molecule has 7 heteroatoms. The number of benzene rings is 2. The number of hydrogen-bond donors (Lipinski definition) is 1. The highest BCUT2D eigenvalue weighted by molar-refractivity contribution is 6.76. The summed E-state index contributed by atoms with van der Waals surface area (Å²) in [5.74, 6) is 0.148. The summed E-state index contributed by atoms with van der Waals surface area (Å²) in [6.45, 7) is 6.10. The molecule has 2 aromatic carbocycles. The second-order valence-electron chi connectivity index (χ2n) is 6.38. The summed E-state index contributed by atoms with van der Waals surface area (Å²) in [5, 5.41) is 2.61. The maximum Gasteiger partial charge on any atom is 0.276 e. The summed E-state index contributed by atoms with van der Waals surface area (Å²) in [6.07, 6.45) is 0. The van der Waals surface area contributed by atoms with Gasteiger partial charge >= 0.3 is 0 Å². The smallest absolute Gasteiger partial charge is 0.276 e. The van der Waals surface area contributed by atoms with E-state index >= 15 is 0 Å². The van der Waals surface area contributed by atoms with Crippen molar-refractivity contribution in [3.8, 4) is 11.5 Å². The molecule has 0 bridgehead atoms. The monoisotopic (exact) mass is 410 g/mol. The molecule has 3 rings (SSSR count). The van der Waals surface area contributed by atoms with Crippen molar-refractivity contribution < 1.29 is 9.21 Å². The molecule has 0 saturated carbocycles. The summed E-state index contributed by atoms with van der Waals surface area (Å²) in [7, 11) is 0. The van der Waals surface area contributed by atoms with Crippen LogP contribution in [0.3, 0.4) is 0 Å². The summed E-state index contributed by atoms with van der Waals surface area (Å²) in [6, 6.07) is 11.4. The quantitative estimate of drug-likeness (QED) is 0.519. The van der Waals surface area contributed by atoms with Crippen molar-refractivity contribution in [2.24, 2.45) is 0 Å². The molecule has 0 aliphatic heterocycles. The van der Waals surface area contributed by atoms with Crippen molar-refractivity contribution >= 4 is 57.5 Å². The van der Waals surface area contributed by atoms with Gasteiger partial charge in [-0.15, -0.1) is 0 Å². The molecule has 0 saturated heterocycles. The number of anilines is 1. The maximum atomic E-state index is 11.9.